The smallest absolute Gasteiger partial charge is 0.126 e. The Bertz CT molecular complexity index is 734. The second kappa shape index (κ2) is 4.44. The van der Waals surface area contributed by atoms with Gasteiger partial charge in [0.15, 0.2) is 0 Å². The number of rotatable bonds is 1. The first-order valence-corrected chi connectivity index (χ1v) is 6.99. The summed E-state index contributed by atoms with van der Waals surface area (Å²) in [7, 11) is 0. The van der Waals surface area contributed by atoms with Crippen molar-refractivity contribution >= 4 is 42.8 Å². The number of nitrogens with one attached hydrogen (secondary N) is 1. The number of phenolic OH excluding ortho intramolecular Hbond substituents is 1. The van der Waals surface area contributed by atoms with Crippen LogP contribution in [-0.4, -0.2) is 10.1 Å². The first-order valence-electron chi connectivity index (χ1n) is 5.40. The minimum absolute atomic E-state index is 0.259. The minimum atomic E-state index is 0.259. The third-order valence-corrected chi connectivity index (χ3v) is 3.82. The lowest BCUT2D eigenvalue weighted by Crippen LogP contribution is -1.78. The number of hydrogen-bond acceptors (Lipinski definition) is 1. The maximum absolute atomic E-state index is 9.97. The van der Waals surface area contributed by atoms with Crippen LogP contribution in [0.25, 0.3) is 22.2 Å². The molecule has 1 aromatic heterocycles. The van der Waals surface area contributed by atoms with Crippen molar-refractivity contribution in [2.45, 2.75) is 0 Å². The van der Waals surface area contributed by atoms with Crippen molar-refractivity contribution in [2.24, 2.45) is 0 Å². The Labute approximate surface area is 121 Å². The van der Waals surface area contributed by atoms with Crippen molar-refractivity contribution in [1.82, 2.24) is 4.98 Å². The molecule has 0 bridgehead atoms. The molecule has 0 aliphatic rings. The monoisotopic (exact) mass is 365 g/mol. The van der Waals surface area contributed by atoms with Gasteiger partial charge in [-0.2, -0.15) is 0 Å². The summed E-state index contributed by atoms with van der Waals surface area (Å²) in [4.78, 5) is 3.30. The number of H-pyrrole nitrogens is 1. The van der Waals surface area contributed by atoms with E-state index in [4.69, 9.17) is 0 Å². The molecule has 0 radical (unpaired) electrons. The maximum Gasteiger partial charge on any atom is 0.126 e. The van der Waals surface area contributed by atoms with Crippen LogP contribution in [0.2, 0.25) is 0 Å². The molecule has 0 aliphatic carbocycles. The van der Waals surface area contributed by atoms with Crippen LogP contribution in [0.15, 0.2) is 51.4 Å². The van der Waals surface area contributed by atoms with E-state index in [1.165, 1.54) is 0 Å². The highest BCUT2D eigenvalue weighted by Crippen LogP contribution is 2.33. The van der Waals surface area contributed by atoms with Gasteiger partial charge in [-0.05, 0) is 42.5 Å². The van der Waals surface area contributed by atoms with Crippen LogP contribution in [0.1, 0.15) is 0 Å². The molecular weight excluding hydrogens is 358 g/mol. The van der Waals surface area contributed by atoms with Crippen molar-refractivity contribution in [3.63, 3.8) is 0 Å². The Morgan fingerprint density at radius 1 is 0.889 bits per heavy atom. The van der Waals surface area contributed by atoms with Crippen molar-refractivity contribution in [3.05, 3.63) is 51.4 Å². The van der Waals surface area contributed by atoms with E-state index in [1.54, 1.807) is 6.07 Å². The van der Waals surface area contributed by atoms with Gasteiger partial charge in [0, 0.05) is 25.4 Å². The summed E-state index contributed by atoms with van der Waals surface area (Å²) < 4.78 is 1.91. The number of aromatic hydroxyl groups is 1. The second-order valence-corrected chi connectivity index (χ2v) is 5.91. The topological polar surface area (TPSA) is 36.0 Å². The van der Waals surface area contributed by atoms with Gasteiger partial charge in [-0.15, -0.1) is 0 Å². The molecule has 1 heterocycles. The van der Waals surface area contributed by atoms with Crippen LogP contribution in [-0.2, 0) is 0 Å². The molecule has 0 saturated carbocycles. The predicted octanol–water partition coefficient (Wildman–Crippen LogP) is 5.07. The molecule has 0 spiro atoms. The van der Waals surface area contributed by atoms with E-state index in [1.807, 2.05) is 36.4 Å². The van der Waals surface area contributed by atoms with Gasteiger partial charge in [-0.1, -0.05) is 31.9 Å². The molecule has 2 aromatic carbocycles. The first-order chi connectivity index (χ1) is 8.63. The molecule has 0 saturated heterocycles. The quantitative estimate of drug-likeness (QED) is 0.620. The molecule has 2 nitrogen and oxygen atoms in total. The third-order valence-electron chi connectivity index (χ3n) is 2.83. The van der Waals surface area contributed by atoms with Crippen LogP contribution in [0.5, 0.6) is 5.75 Å². The highest BCUT2D eigenvalue weighted by Gasteiger charge is 2.08. The number of aromatic nitrogens is 1. The van der Waals surface area contributed by atoms with Crippen molar-refractivity contribution < 1.29 is 5.11 Å². The molecule has 2 N–H and O–H groups in total. The van der Waals surface area contributed by atoms with Gasteiger partial charge in [0.25, 0.3) is 0 Å². The standard InChI is InChI=1S/C14H9Br2NO/c15-9-2-4-12-8(5-9)6-13(17-12)11-3-1-10(16)7-14(11)18/h1-7,17-18H. The van der Waals surface area contributed by atoms with E-state index in [2.05, 4.69) is 36.8 Å². The number of benzene rings is 2. The predicted molar refractivity (Wildman–Crippen MR) is 80.8 cm³/mol. The van der Waals surface area contributed by atoms with E-state index in [0.29, 0.717) is 0 Å². The van der Waals surface area contributed by atoms with Crippen molar-refractivity contribution in [1.29, 1.82) is 0 Å². The maximum atomic E-state index is 9.97. The second-order valence-electron chi connectivity index (χ2n) is 4.08. The molecule has 0 unspecified atom stereocenters. The van der Waals surface area contributed by atoms with Crippen LogP contribution in [0.4, 0.5) is 0 Å². The lowest BCUT2D eigenvalue weighted by atomic mass is 10.1. The summed E-state index contributed by atoms with van der Waals surface area (Å²) in [6.45, 7) is 0. The summed E-state index contributed by atoms with van der Waals surface area (Å²) in [5.74, 6) is 0.259. The zero-order chi connectivity index (χ0) is 12.7. The number of halogens is 2. The molecule has 0 amide bonds. The highest BCUT2D eigenvalue weighted by molar-refractivity contribution is 9.10. The fraction of sp³-hybridized carbons (Fsp3) is 0. The molecule has 4 heteroatoms. The van der Waals surface area contributed by atoms with Crippen LogP contribution < -0.4 is 0 Å². The third kappa shape index (κ3) is 2.06. The molecule has 0 aliphatic heterocycles. The van der Waals surface area contributed by atoms with Gasteiger partial charge in [-0.3, -0.25) is 0 Å². The number of phenols is 1. The average molecular weight is 367 g/mol. The zero-order valence-corrected chi connectivity index (χ0v) is 12.4. The lowest BCUT2D eigenvalue weighted by molar-refractivity contribution is 0.477. The molecule has 90 valence electrons. The zero-order valence-electron chi connectivity index (χ0n) is 9.24. The Balaban J connectivity index is 2.19. The molecule has 3 aromatic rings. The van der Waals surface area contributed by atoms with Gasteiger partial charge >= 0.3 is 0 Å². The van der Waals surface area contributed by atoms with Gasteiger partial charge in [0.05, 0.1) is 5.69 Å². The van der Waals surface area contributed by atoms with Gasteiger partial charge in [0.2, 0.25) is 0 Å². The van der Waals surface area contributed by atoms with Crippen LogP contribution in [0.3, 0.4) is 0 Å². The lowest BCUT2D eigenvalue weighted by Gasteiger charge is -2.02. The Kier molecular flexibility index (Phi) is 2.92. The molecular formula is C14H9Br2NO. The average Bonchev–Trinajstić information content (AvgIpc) is 2.71. The Morgan fingerprint density at radius 3 is 2.39 bits per heavy atom. The summed E-state index contributed by atoms with van der Waals surface area (Å²) >= 11 is 6.79. The molecule has 0 atom stereocenters. The summed E-state index contributed by atoms with van der Waals surface area (Å²) in [6.07, 6.45) is 0. The van der Waals surface area contributed by atoms with Crippen molar-refractivity contribution in [3.8, 4) is 17.0 Å². The van der Waals surface area contributed by atoms with E-state index < -0.39 is 0 Å². The number of fused-ring (bicyclic) bond motifs is 1. The largest absolute Gasteiger partial charge is 0.507 e. The minimum Gasteiger partial charge on any atom is -0.507 e. The van der Waals surface area contributed by atoms with Gasteiger partial charge in [-0.25, -0.2) is 0 Å². The Morgan fingerprint density at radius 2 is 1.61 bits per heavy atom. The summed E-state index contributed by atoms with van der Waals surface area (Å²) in [5, 5.41) is 11.1. The fourth-order valence-electron chi connectivity index (χ4n) is 1.98. The van der Waals surface area contributed by atoms with E-state index in [0.717, 1.165) is 31.1 Å². The van der Waals surface area contributed by atoms with E-state index in [-0.39, 0.29) is 5.75 Å². The van der Waals surface area contributed by atoms with E-state index >= 15 is 0 Å². The number of hydrogen-bond donors (Lipinski definition) is 2. The number of aromatic amines is 1. The van der Waals surface area contributed by atoms with E-state index in [9.17, 15) is 5.11 Å². The highest BCUT2D eigenvalue weighted by atomic mass is 79.9. The summed E-state index contributed by atoms with van der Waals surface area (Å²) in [5.41, 5.74) is 2.76. The normalized spacial score (nSPS) is 11.0. The first kappa shape index (κ1) is 11.8. The van der Waals surface area contributed by atoms with Crippen LogP contribution >= 0.6 is 31.9 Å². The Hall–Kier alpha value is -1.26. The fourth-order valence-corrected chi connectivity index (χ4v) is 2.71. The molecule has 0 fully saturated rings. The molecule has 3 rings (SSSR count). The summed E-state index contributed by atoms with van der Waals surface area (Å²) in [6, 6.07) is 13.6. The van der Waals surface area contributed by atoms with Crippen molar-refractivity contribution in [2.75, 3.05) is 0 Å². The van der Waals surface area contributed by atoms with Gasteiger partial charge in [0.1, 0.15) is 5.75 Å². The SMILES string of the molecule is Oc1cc(Br)ccc1-c1cc2cc(Br)ccc2[nH]1. The van der Waals surface area contributed by atoms with Crippen LogP contribution in [0, 0.1) is 0 Å². The molecule has 18 heavy (non-hydrogen) atoms. The van der Waals surface area contributed by atoms with Gasteiger partial charge < -0.3 is 10.1 Å².